The molecule has 0 spiro atoms. The number of hydrogen-bond donors (Lipinski definition) is 1. The van der Waals surface area contributed by atoms with Gasteiger partial charge in [0.15, 0.2) is 0 Å². The highest BCUT2D eigenvalue weighted by atomic mass is 32.2. The lowest BCUT2D eigenvalue weighted by molar-refractivity contribution is 0.568. The first-order valence-electron chi connectivity index (χ1n) is 6.75. The van der Waals surface area contributed by atoms with Crippen LogP contribution in [0, 0.1) is 0 Å². The SMILES string of the molecule is CCCCCCCCCCS(=O)(=O)c1ncn[nH]1. The average Bonchev–Trinajstić information content (AvgIpc) is 2.87. The molecule has 104 valence electrons. The van der Waals surface area contributed by atoms with Gasteiger partial charge in [0.1, 0.15) is 6.33 Å². The summed E-state index contributed by atoms with van der Waals surface area (Å²) in [5.74, 6) is 0.164. The van der Waals surface area contributed by atoms with Gasteiger partial charge in [-0.2, -0.15) is 5.10 Å². The van der Waals surface area contributed by atoms with Crippen molar-refractivity contribution in [2.45, 2.75) is 63.4 Å². The molecule has 6 heteroatoms. The maximum Gasteiger partial charge on any atom is 0.242 e. The molecule has 0 bridgehead atoms. The van der Waals surface area contributed by atoms with Crippen LogP contribution in [0.5, 0.6) is 0 Å². The molecule has 0 saturated carbocycles. The van der Waals surface area contributed by atoms with Crippen molar-refractivity contribution in [2.75, 3.05) is 5.75 Å². The van der Waals surface area contributed by atoms with Crippen molar-refractivity contribution in [3.63, 3.8) is 0 Å². The number of aromatic amines is 1. The standard InChI is InChI=1S/C12H23N3O2S/c1-2-3-4-5-6-7-8-9-10-18(16,17)12-13-11-14-15-12/h11H,2-10H2,1H3,(H,13,14,15). The molecule has 0 radical (unpaired) electrons. The zero-order valence-corrected chi connectivity index (χ0v) is 11.9. The number of nitrogens with zero attached hydrogens (tertiary/aromatic N) is 2. The fourth-order valence-corrected chi connectivity index (χ4v) is 3.04. The molecule has 0 amide bonds. The van der Waals surface area contributed by atoms with E-state index in [4.69, 9.17) is 0 Å². The Labute approximate surface area is 109 Å². The number of unbranched alkanes of at least 4 members (excludes halogenated alkanes) is 7. The molecule has 0 aliphatic rings. The molecular formula is C12H23N3O2S. The smallest absolute Gasteiger partial charge is 0.242 e. The molecule has 1 aromatic heterocycles. The second-order valence-electron chi connectivity index (χ2n) is 4.58. The first-order valence-corrected chi connectivity index (χ1v) is 8.40. The van der Waals surface area contributed by atoms with Gasteiger partial charge in [-0.05, 0) is 6.42 Å². The number of sulfone groups is 1. The van der Waals surface area contributed by atoms with Gasteiger partial charge in [0.25, 0.3) is 0 Å². The average molecular weight is 273 g/mol. The Kier molecular flexibility index (Phi) is 6.93. The van der Waals surface area contributed by atoms with E-state index >= 15 is 0 Å². The number of H-pyrrole nitrogens is 1. The van der Waals surface area contributed by atoms with E-state index in [1.165, 1.54) is 38.4 Å². The second kappa shape index (κ2) is 8.24. The summed E-state index contributed by atoms with van der Waals surface area (Å²) in [6.45, 7) is 2.20. The summed E-state index contributed by atoms with van der Waals surface area (Å²) in [4.78, 5) is 3.68. The highest BCUT2D eigenvalue weighted by Crippen LogP contribution is 2.11. The first kappa shape index (κ1) is 15.1. The van der Waals surface area contributed by atoms with Crippen LogP contribution >= 0.6 is 0 Å². The number of aromatic nitrogens is 3. The minimum atomic E-state index is -3.25. The first-order chi connectivity index (χ1) is 8.67. The molecule has 0 atom stereocenters. The third kappa shape index (κ3) is 5.62. The van der Waals surface area contributed by atoms with Crippen LogP contribution in [-0.2, 0) is 9.84 Å². The lowest BCUT2D eigenvalue weighted by Crippen LogP contribution is -2.08. The van der Waals surface area contributed by atoms with E-state index in [0.29, 0.717) is 6.42 Å². The molecule has 0 unspecified atom stereocenters. The van der Waals surface area contributed by atoms with Gasteiger partial charge in [0, 0.05) is 0 Å². The number of hydrogen-bond acceptors (Lipinski definition) is 4. The molecule has 1 aromatic rings. The minimum Gasteiger partial charge on any atom is -0.250 e. The molecule has 1 heterocycles. The topological polar surface area (TPSA) is 75.7 Å². The van der Waals surface area contributed by atoms with Crippen LogP contribution < -0.4 is 0 Å². The zero-order valence-electron chi connectivity index (χ0n) is 11.1. The van der Waals surface area contributed by atoms with Gasteiger partial charge in [0.05, 0.1) is 5.75 Å². The molecule has 0 aliphatic heterocycles. The van der Waals surface area contributed by atoms with Gasteiger partial charge in [-0.15, -0.1) is 0 Å². The fraction of sp³-hybridized carbons (Fsp3) is 0.833. The summed E-state index contributed by atoms with van der Waals surface area (Å²) in [5, 5.41) is 5.95. The lowest BCUT2D eigenvalue weighted by atomic mass is 10.1. The molecule has 0 aliphatic carbocycles. The normalized spacial score (nSPS) is 11.8. The maximum absolute atomic E-state index is 11.7. The van der Waals surface area contributed by atoms with E-state index in [0.717, 1.165) is 12.8 Å². The maximum atomic E-state index is 11.7. The summed E-state index contributed by atoms with van der Waals surface area (Å²) >= 11 is 0. The van der Waals surface area contributed by atoms with Gasteiger partial charge in [-0.3, -0.25) is 5.10 Å². The monoisotopic (exact) mass is 273 g/mol. The molecule has 0 fully saturated rings. The minimum absolute atomic E-state index is 0.00885. The summed E-state index contributed by atoms with van der Waals surface area (Å²) in [6.07, 6.45) is 10.4. The van der Waals surface area contributed by atoms with E-state index in [9.17, 15) is 8.42 Å². The zero-order chi connectivity index (χ0) is 13.3. The number of rotatable bonds is 10. The largest absolute Gasteiger partial charge is 0.250 e. The molecule has 0 saturated heterocycles. The molecule has 1 rings (SSSR count). The Bertz CT molecular complexity index is 401. The van der Waals surface area contributed by atoms with Crippen LogP contribution in [0.1, 0.15) is 58.3 Å². The molecular weight excluding hydrogens is 250 g/mol. The third-order valence-corrected chi connectivity index (χ3v) is 4.57. The Morgan fingerprint density at radius 1 is 1.06 bits per heavy atom. The van der Waals surface area contributed by atoms with Crippen LogP contribution in [-0.4, -0.2) is 29.4 Å². The predicted molar refractivity (Wildman–Crippen MR) is 71.0 cm³/mol. The van der Waals surface area contributed by atoms with Crippen molar-refractivity contribution in [3.8, 4) is 0 Å². The van der Waals surface area contributed by atoms with Crippen molar-refractivity contribution in [2.24, 2.45) is 0 Å². The molecule has 18 heavy (non-hydrogen) atoms. The van der Waals surface area contributed by atoms with Crippen molar-refractivity contribution < 1.29 is 8.42 Å². The Morgan fingerprint density at radius 3 is 2.22 bits per heavy atom. The fourth-order valence-electron chi connectivity index (χ4n) is 1.87. The summed E-state index contributed by atoms with van der Waals surface area (Å²) in [5.41, 5.74) is 0. The summed E-state index contributed by atoms with van der Waals surface area (Å²) < 4.78 is 23.5. The van der Waals surface area contributed by atoms with E-state index in [1.807, 2.05) is 0 Å². The summed E-state index contributed by atoms with van der Waals surface area (Å²) in [7, 11) is -3.25. The molecule has 0 aromatic carbocycles. The van der Waals surface area contributed by atoms with Gasteiger partial charge in [-0.1, -0.05) is 51.9 Å². The van der Waals surface area contributed by atoms with Crippen LogP contribution in [0.4, 0.5) is 0 Å². The van der Waals surface area contributed by atoms with Gasteiger partial charge in [0.2, 0.25) is 15.0 Å². The van der Waals surface area contributed by atoms with Gasteiger partial charge >= 0.3 is 0 Å². The third-order valence-electron chi connectivity index (χ3n) is 2.95. The van der Waals surface area contributed by atoms with E-state index < -0.39 is 9.84 Å². The number of nitrogens with one attached hydrogen (secondary N) is 1. The van der Waals surface area contributed by atoms with Crippen molar-refractivity contribution in [1.82, 2.24) is 15.2 Å². The van der Waals surface area contributed by atoms with Crippen molar-refractivity contribution in [1.29, 1.82) is 0 Å². The predicted octanol–water partition coefficient (Wildman–Crippen LogP) is 2.72. The highest BCUT2D eigenvalue weighted by Gasteiger charge is 2.16. The Hall–Kier alpha value is -0.910. The van der Waals surface area contributed by atoms with Crippen LogP contribution in [0.15, 0.2) is 11.5 Å². The molecule has 5 nitrogen and oxygen atoms in total. The summed E-state index contributed by atoms with van der Waals surface area (Å²) in [6, 6.07) is 0. The second-order valence-corrected chi connectivity index (χ2v) is 6.61. The lowest BCUT2D eigenvalue weighted by Gasteiger charge is -2.02. The van der Waals surface area contributed by atoms with E-state index in [-0.39, 0.29) is 10.9 Å². The quantitative estimate of drug-likeness (QED) is 0.665. The van der Waals surface area contributed by atoms with Gasteiger partial charge < -0.3 is 0 Å². The van der Waals surface area contributed by atoms with Crippen molar-refractivity contribution >= 4 is 9.84 Å². The van der Waals surface area contributed by atoms with E-state index in [2.05, 4.69) is 22.1 Å². The van der Waals surface area contributed by atoms with Gasteiger partial charge in [-0.25, -0.2) is 13.4 Å². The Balaban J connectivity index is 2.08. The van der Waals surface area contributed by atoms with Crippen molar-refractivity contribution in [3.05, 3.63) is 6.33 Å². The molecule has 1 N–H and O–H groups in total. The highest BCUT2D eigenvalue weighted by molar-refractivity contribution is 7.91. The Morgan fingerprint density at radius 2 is 1.67 bits per heavy atom. The van der Waals surface area contributed by atoms with Crippen LogP contribution in [0.3, 0.4) is 0 Å². The van der Waals surface area contributed by atoms with Crippen LogP contribution in [0.2, 0.25) is 0 Å². The van der Waals surface area contributed by atoms with Crippen LogP contribution in [0.25, 0.3) is 0 Å². The van der Waals surface area contributed by atoms with E-state index in [1.54, 1.807) is 0 Å².